The van der Waals surface area contributed by atoms with Gasteiger partial charge in [0, 0.05) is 30.5 Å². The zero-order valence-corrected chi connectivity index (χ0v) is 14.8. The molecule has 1 saturated heterocycles. The lowest BCUT2D eigenvalue weighted by Crippen LogP contribution is -2.36. The molecule has 8 heteroatoms. The Labute approximate surface area is 150 Å². The number of aromatic amines is 1. The van der Waals surface area contributed by atoms with E-state index in [1.165, 1.54) is 12.1 Å². The van der Waals surface area contributed by atoms with Gasteiger partial charge in [-0.05, 0) is 44.5 Å². The van der Waals surface area contributed by atoms with E-state index in [-0.39, 0.29) is 17.5 Å². The highest BCUT2D eigenvalue weighted by atomic mass is 35.5. The molecular weight excluding hydrogens is 345 g/mol. The summed E-state index contributed by atoms with van der Waals surface area (Å²) < 4.78 is 13.7. The molecule has 134 valence electrons. The van der Waals surface area contributed by atoms with Crippen LogP contribution in [0.25, 0.3) is 0 Å². The van der Waals surface area contributed by atoms with E-state index in [2.05, 4.69) is 25.4 Å². The van der Waals surface area contributed by atoms with Crippen LogP contribution in [-0.2, 0) is 4.79 Å². The summed E-state index contributed by atoms with van der Waals surface area (Å²) in [7, 11) is 0. The molecule has 0 radical (unpaired) electrons. The molecule has 1 aliphatic rings. The molecule has 2 N–H and O–H groups in total. The van der Waals surface area contributed by atoms with Crippen LogP contribution in [0.15, 0.2) is 18.2 Å². The highest BCUT2D eigenvalue weighted by Crippen LogP contribution is 2.24. The molecule has 25 heavy (non-hydrogen) atoms. The number of likely N-dealkylation sites (tertiary alicyclic amines) is 1. The van der Waals surface area contributed by atoms with Gasteiger partial charge < -0.3 is 10.2 Å². The van der Waals surface area contributed by atoms with Crippen LogP contribution in [0.2, 0.25) is 5.02 Å². The number of carbonyl (C=O) groups excluding carboxylic acids is 1. The van der Waals surface area contributed by atoms with Crippen molar-refractivity contribution in [3.05, 3.63) is 40.7 Å². The van der Waals surface area contributed by atoms with E-state index in [0.29, 0.717) is 18.0 Å². The van der Waals surface area contributed by atoms with Gasteiger partial charge in [0.2, 0.25) is 5.91 Å². The first kappa shape index (κ1) is 17.8. The maximum absolute atomic E-state index is 13.7. The van der Waals surface area contributed by atoms with E-state index >= 15 is 0 Å². The smallest absolute Gasteiger partial charge is 0.225 e. The Balaban J connectivity index is 1.50. The molecule has 3 rings (SSSR count). The lowest BCUT2D eigenvalue weighted by atomic mass is 9.97. The number of anilines is 1. The highest BCUT2D eigenvalue weighted by Gasteiger charge is 2.24. The van der Waals surface area contributed by atoms with Crippen molar-refractivity contribution in [2.75, 3.05) is 25.0 Å². The molecule has 6 nitrogen and oxygen atoms in total. The Morgan fingerprint density at radius 3 is 3.08 bits per heavy atom. The number of hydrogen-bond acceptors (Lipinski definition) is 4. The van der Waals surface area contributed by atoms with Crippen molar-refractivity contribution in [1.82, 2.24) is 20.1 Å². The van der Waals surface area contributed by atoms with Gasteiger partial charge >= 0.3 is 0 Å². The number of aromatic nitrogens is 3. The first-order chi connectivity index (χ1) is 12.0. The Morgan fingerprint density at radius 2 is 2.36 bits per heavy atom. The summed E-state index contributed by atoms with van der Waals surface area (Å²) >= 11 is 5.71. The average Bonchev–Trinajstić information content (AvgIpc) is 3.02. The standard InChI is InChI=1S/C17H21ClFN5O/c1-11-20-17(23-22-11)12-3-2-7-24(10-12)8-6-16(25)21-15-5-4-13(18)9-14(15)19/h4-5,9,12H,2-3,6-8,10H2,1H3,(H,21,25)(H,20,22,23). The van der Waals surface area contributed by atoms with E-state index in [0.717, 1.165) is 37.6 Å². The summed E-state index contributed by atoms with van der Waals surface area (Å²) in [5.41, 5.74) is 0.155. The molecule has 2 heterocycles. The largest absolute Gasteiger partial charge is 0.324 e. The monoisotopic (exact) mass is 365 g/mol. The molecule has 1 fully saturated rings. The number of piperidine rings is 1. The second kappa shape index (κ2) is 7.93. The van der Waals surface area contributed by atoms with Gasteiger partial charge in [-0.1, -0.05) is 11.6 Å². The molecule has 0 spiro atoms. The maximum Gasteiger partial charge on any atom is 0.225 e. The summed E-state index contributed by atoms with van der Waals surface area (Å²) in [5, 5.41) is 10.0. The number of aryl methyl sites for hydroxylation is 1. The zero-order chi connectivity index (χ0) is 17.8. The van der Waals surface area contributed by atoms with Gasteiger partial charge in [-0.3, -0.25) is 9.89 Å². The third-order valence-corrected chi connectivity index (χ3v) is 4.58. The Morgan fingerprint density at radius 1 is 1.52 bits per heavy atom. The Kier molecular flexibility index (Phi) is 5.65. The van der Waals surface area contributed by atoms with E-state index in [4.69, 9.17) is 11.6 Å². The minimum atomic E-state index is -0.529. The maximum atomic E-state index is 13.7. The fourth-order valence-corrected chi connectivity index (χ4v) is 3.23. The van der Waals surface area contributed by atoms with Gasteiger partial charge in [0.05, 0.1) is 5.69 Å². The molecule has 1 unspecified atom stereocenters. The quantitative estimate of drug-likeness (QED) is 0.853. The van der Waals surface area contributed by atoms with Crippen molar-refractivity contribution in [3.8, 4) is 0 Å². The second-order valence-corrected chi connectivity index (χ2v) is 6.78. The first-order valence-corrected chi connectivity index (χ1v) is 8.75. The third-order valence-electron chi connectivity index (χ3n) is 4.35. The lowest BCUT2D eigenvalue weighted by molar-refractivity contribution is -0.116. The van der Waals surface area contributed by atoms with Crippen LogP contribution in [0, 0.1) is 12.7 Å². The number of benzene rings is 1. The van der Waals surface area contributed by atoms with Crippen LogP contribution in [0.1, 0.15) is 36.8 Å². The highest BCUT2D eigenvalue weighted by molar-refractivity contribution is 6.30. The van der Waals surface area contributed by atoms with E-state index in [1.54, 1.807) is 6.07 Å². The molecule has 1 aromatic carbocycles. The number of nitrogens with zero attached hydrogens (tertiary/aromatic N) is 3. The Hall–Kier alpha value is -1.99. The number of halogens is 2. The van der Waals surface area contributed by atoms with Crippen LogP contribution in [0.3, 0.4) is 0 Å². The molecule has 1 aromatic heterocycles. The van der Waals surface area contributed by atoms with Gasteiger partial charge in [-0.15, -0.1) is 0 Å². The number of amides is 1. The second-order valence-electron chi connectivity index (χ2n) is 6.34. The van der Waals surface area contributed by atoms with Gasteiger partial charge in [-0.2, -0.15) is 5.10 Å². The van der Waals surface area contributed by atoms with Gasteiger partial charge in [0.15, 0.2) is 5.82 Å². The summed E-state index contributed by atoms with van der Waals surface area (Å²) in [6.45, 7) is 4.29. The van der Waals surface area contributed by atoms with Crippen LogP contribution in [0.5, 0.6) is 0 Å². The van der Waals surface area contributed by atoms with Crippen LogP contribution in [-0.4, -0.2) is 45.6 Å². The summed E-state index contributed by atoms with van der Waals surface area (Å²) in [6, 6.07) is 4.21. The van der Waals surface area contributed by atoms with Crippen molar-refractivity contribution in [1.29, 1.82) is 0 Å². The van der Waals surface area contributed by atoms with Gasteiger partial charge in [-0.25, -0.2) is 9.37 Å². The van der Waals surface area contributed by atoms with Crippen LogP contribution < -0.4 is 5.32 Å². The predicted molar refractivity (Wildman–Crippen MR) is 94.2 cm³/mol. The fourth-order valence-electron chi connectivity index (χ4n) is 3.08. The molecule has 0 bridgehead atoms. The van der Waals surface area contributed by atoms with Crippen molar-refractivity contribution in [3.63, 3.8) is 0 Å². The van der Waals surface area contributed by atoms with E-state index in [9.17, 15) is 9.18 Å². The van der Waals surface area contributed by atoms with Crippen LogP contribution >= 0.6 is 11.6 Å². The third kappa shape index (κ3) is 4.76. The molecule has 1 atom stereocenters. The molecule has 0 aliphatic carbocycles. The molecule has 1 aliphatic heterocycles. The van der Waals surface area contributed by atoms with Crippen molar-refractivity contribution in [2.24, 2.45) is 0 Å². The molecule has 1 amide bonds. The number of carbonyl (C=O) groups is 1. The summed E-state index contributed by atoms with van der Waals surface area (Å²) in [4.78, 5) is 18.7. The fraction of sp³-hybridized carbons (Fsp3) is 0.471. The molecule has 2 aromatic rings. The summed E-state index contributed by atoms with van der Waals surface area (Å²) in [5.74, 6) is 1.21. The van der Waals surface area contributed by atoms with Crippen molar-refractivity contribution in [2.45, 2.75) is 32.1 Å². The minimum absolute atomic E-state index is 0.155. The summed E-state index contributed by atoms with van der Waals surface area (Å²) in [6.07, 6.45) is 2.41. The predicted octanol–water partition coefficient (Wildman–Crippen LogP) is 3.11. The first-order valence-electron chi connectivity index (χ1n) is 8.37. The topological polar surface area (TPSA) is 73.9 Å². The van der Waals surface area contributed by atoms with Gasteiger partial charge in [0.25, 0.3) is 0 Å². The number of hydrogen-bond donors (Lipinski definition) is 2. The lowest BCUT2D eigenvalue weighted by Gasteiger charge is -2.31. The van der Waals surface area contributed by atoms with Crippen molar-refractivity contribution >= 4 is 23.2 Å². The van der Waals surface area contributed by atoms with Crippen molar-refractivity contribution < 1.29 is 9.18 Å². The SMILES string of the molecule is Cc1nc(C2CCCN(CCC(=O)Nc3ccc(Cl)cc3F)C2)n[nH]1. The Bertz CT molecular complexity index is 750. The van der Waals surface area contributed by atoms with Crippen LogP contribution in [0.4, 0.5) is 10.1 Å². The normalized spacial score (nSPS) is 18.3. The number of H-pyrrole nitrogens is 1. The van der Waals surface area contributed by atoms with E-state index < -0.39 is 5.82 Å². The molecular formula is C17H21ClFN5O. The number of rotatable bonds is 5. The average molecular weight is 366 g/mol. The zero-order valence-electron chi connectivity index (χ0n) is 14.1. The van der Waals surface area contributed by atoms with Gasteiger partial charge in [0.1, 0.15) is 11.6 Å². The number of nitrogens with one attached hydrogen (secondary N) is 2. The molecule has 0 saturated carbocycles. The minimum Gasteiger partial charge on any atom is -0.324 e. The van der Waals surface area contributed by atoms with E-state index in [1.807, 2.05) is 6.92 Å².